The molecule has 0 bridgehead atoms. The van der Waals surface area contributed by atoms with Gasteiger partial charge in [-0.05, 0) is 12.1 Å². The molecule has 1 heterocycles. The molecule has 1 aromatic rings. The molecule has 6 heteroatoms. The Morgan fingerprint density at radius 3 is 2.81 bits per heavy atom. The van der Waals surface area contributed by atoms with Gasteiger partial charge in [-0.25, -0.2) is 4.79 Å². The quantitative estimate of drug-likeness (QED) is 0.769. The Morgan fingerprint density at radius 2 is 2.25 bits per heavy atom. The van der Waals surface area contributed by atoms with Crippen LogP contribution in [0.3, 0.4) is 0 Å². The van der Waals surface area contributed by atoms with Gasteiger partial charge in [0.05, 0.1) is 12.2 Å². The first-order chi connectivity index (χ1) is 7.59. The van der Waals surface area contributed by atoms with E-state index in [1.54, 1.807) is 18.3 Å². The average Bonchev–Trinajstić information content (AvgIpc) is 2.26. The van der Waals surface area contributed by atoms with Gasteiger partial charge < -0.3 is 15.3 Å². The highest BCUT2D eigenvalue weighted by Crippen LogP contribution is 1.93. The van der Waals surface area contributed by atoms with E-state index < -0.39 is 12.0 Å². The largest absolute Gasteiger partial charge is 0.480 e. The average molecular weight is 223 g/mol. The van der Waals surface area contributed by atoms with Gasteiger partial charge in [-0.3, -0.25) is 9.78 Å². The standard InChI is InChI=1S/C10H13N3O3/c1-13(7-9(14)15)10(16)12-6-8-4-2-3-5-11-8/h2-5H,6-7H2,1H3,(H,12,16)(H,14,15). The van der Waals surface area contributed by atoms with E-state index in [2.05, 4.69) is 10.3 Å². The van der Waals surface area contributed by atoms with Gasteiger partial charge in [0, 0.05) is 13.2 Å². The lowest BCUT2D eigenvalue weighted by Crippen LogP contribution is -2.39. The van der Waals surface area contributed by atoms with E-state index in [4.69, 9.17) is 5.11 Å². The molecule has 0 aliphatic rings. The molecule has 0 aliphatic heterocycles. The second-order valence-corrected chi connectivity index (χ2v) is 3.23. The molecule has 0 unspecified atom stereocenters. The van der Waals surface area contributed by atoms with Crippen LogP contribution < -0.4 is 5.32 Å². The molecule has 0 aliphatic carbocycles. The van der Waals surface area contributed by atoms with E-state index >= 15 is 0 Å². The number of carboxylic acid groups (broad SMARTS) is 1. The smallest absolute Gasteiger partial charge is 0.323 e. The van der Waals surface area contributed by atoms with Crippen molar-refractivity contribution in [2.45, 2.75) is 6.54 Å². The van der Waals surface area contributed by atoms with Gasteiger partial charge in [0.15, 0.2) is 0 Å². The van der Waals surface area contributed by atoms with Crippen molar-refractivity contribution in [2.24, 2.45) is 0 Å². The minimum absolute atomic E-state index is 0.281. The highest BCUT2D eigenvalue weighted by atomic mass is 16.4. The molecule has 1 aromatic heterocycles. The number of pyridine rings is 1. The summed E-state index contributed by atoms with van der Waals surface area (Å²) in [6.45, 7) is -0.0440. The fourth-order valence-electron chi connectivity index (χ4n) is 1.08. The summed E-state index contributed by atoms with van der Waals surface area (Å²) < 4.78 is 0. The third kappa shape index (κ3) is 3.95. The lowest BCUT2D eigenvalue weighted by atomic mass is 10.3. The van der Waals surface area contributed by atoms with Crippen molar-refractivity contribution < 1.29 is 14.7 Å². The van der Waals surface area contributed by atoms with Crippen LogP contribution in [-0.4, -0.2) is 40.6 Å². The normalized spacial score (nSPS) is 9.56. The minimum atomic E-state index is -1.05. The molecule has 2 N–H and O–H groups in total. The molecular weight excluding hydrogens is 210 g/mol. The molecule has 2 amide bonds. The van der Waals surface area contributed by atoms with Crippen LogP contribution in [0, 0.1) is 0 Å². The molecule has 0 spiro atoms. The van der Waals surface area contributed by atoms with E-state index in [0.717, 1.165) is 10.6 Å². The fourth-order valence-corrected chi connectivity index (χ4v) is 1.08. The van der Waals surface area contributed by atoms with Crippen LogP contribution in [0.25, 0.3) is 0 Å². The van der Waals surface area contributed by atoms with Gasteiger partial charge in [-0.1, -0.05) is 6.07 Å². The van der Waals surface area contributed by atoms with Crippen LogP contribution >= 0.6 is 0 Å². The number of nitrogens with zero attached hydrogens (tertiary/aromatic N) is 2. The van der Waals surface area contributed by atoms with E-state index in [0.29, 0.717) is 0 Å². The number of aliphatic carboxylic acids is 1. The maximum atomic E-state index is 11.4. The second-order valence-electron chi connectivity index (χ2n) is 3.23. The second kappa shape index (κ2) is 5.69. The fraction of sp³-hybridized carbons (Fsp3) is 0.300. The number of hydrogen-bond donors (Lipinski definition) is 2. The lowest BCUT2D eigenvalue weighted by Gasteiger charge is -2.15. The Morgan fingerprint density at radius 1 is 1.50 bits per heavy atom. The van der Waals surface area contributed by atoms with E-state index in [9.17, 15) is 9.59 Å². The van der Waals surface area contributed by atoms with Crippen molar-refractivity contribution in [1.82, 2.24) is 15.2 Å². The van der Waals surface area contributed by atoms with Crippen LogP contribution in [0.15, 0.2) is 24.4 Å². The summed E-state index contributed by atoms with van der Waals surface area (Å²) in [6, 6.07) is 4.93. The van der Waals surface area contributed by atoms with Gasteiger partial charge in [0.25, 0.3) is 0 Å². The number of urea groups is 1. The first kappa shape index (κ1) is 12.0. The summed E-state index contributed by atoms with van der Waals surface area (Å²) in [4.78, 5) is 26.8. The first-order valence-electron chi connectivity index (χ1n) is 4.70. The number of likely N-dealkylation sites (N-methyl/N-ethyl adjacent to an activating group) is 1. The zero-order valence-electron chi connectivity index (χ0n) is 8.88. The third-order valence-electron chi connectivity index (χ3n) is 1.87. The first-order valence-corrected chi connectivity index (χ1v) is 4.70. The summed E-state index contributed by atoms with van der Waals surface area (Å²) >= 11 is 0. The lowest BCUT2D eigenvalue weighted by molar-refractivity contribution is -0.137. The topological polar surface area (TPSA) is 82.5 Å². The zero-order valence-corrected chi connectivity index (χ0v) is 8.88. The number of carbonyl (C=O) groups is 2. The molecule has 0 atom stereocenters. The molecule has 1 rings (SSSR count). The van der Waals surface area contributed by atoms with Crippen molar-refractivity contribution in [3.8, 4) is 0 Å². The van der Waals surface area contributed by atoms with Crippen LogP contribution in [0.2, 0.25) is 0 Å². The van der Waals surface area contributed by atoms with Gasteiger partial charge in [0.1, 0.15) is 6.54 Å². The number of rotatable bonds is 4. The molecular formula is C10H13N3O3. The maximum Gasteiger partial charge on any atom is 0.323 e. The molecule has 6 nitrogen and oxygen atoms in total. The van der Waals surface area contributed by atoms with Gasteiger partial charge in [0.2, 0.25) is 0 Å². The van der Waals surface area contributed by atoms with Crippen LogP contribution in [0.1, 0.15) is 5.69 Å². The van der Waals surface area contributed by atoms with Crippen molar-refractivity contribution >= 4 is 12.0 Å². The van der Waals surface area contributed by atoms with Crippen molar-refractivity contribution in [3.05, 3.63) is 30.1 Å². The summed E-state index contributed by atoms with van der Waals surface area (Å²) in [7, 11) is 1.42. The van der Waals surface area contributed by atoms with Crippen LogP contribution in [0.5, 0.6) is 0 Å². The van der Waals surface area contributed by atoms with Gasteiger partial charge in [-0.2, -0.15) is 0 Å². The highest BCUT2D eigenvalue weighted by molar-refractivity contribution is 5.79. The summed E-state index contributed by atoms with van der Waals surface area (Å²) in [5, 5.41) is 11.0. The number of amides is 2. The van der Waals surface area contributed by atoms with E-state index in [-0.39, 0.29) is 13.1 Å². The van der Waals surface area contributed by atoms with Gasteiger partial charge in [-0.15, -0.1) is 0 Å². The van der Waals surface area contributed by atoms with Crippen molar-refractivity contribution in [3.63, 3.8) is 0 Å². The number of nitrogens with one attached hydrogen (secondary N) is 1. The van der Waals surface area contributed by atoms with Gasteiger partial charge >= 0.3 is 12.0 Å². The number of aromatic nitrogens is 1. The Labute approximate surface area is 92.9 Å². The van der Waals surface area contributed by atoms with E-state index in [1.807, 2.05) is 6.07 Å². The number of carboxylic acids is 1. The SMILES string of the molecule is CN(CC(=O)O)C(=O)NCc1ccccn1. The van der Waals surface area contributed by atoms with Crippen LogP contribution in [-0.2, 0) is 11.3 Å². The molecule has 0 fully saturated rings. The molecule has 0 saturated heterocycles. The Hall–Kier alpha value is -2.11. The van der Waals surface area contributed by atoms with Crippen LogP contribution in [0.4, 0.5) is 4.79 Å². The Kier molecular flexibility index (Phi) is 4.26. The summed E-state index contributed by atoms with van der Waals surface area (Å²) in [6.07, 6.45) is 1.63. The summed E-state index contributed by atoms with van der Waals surface area (Å²) in [5.74, 6) is -1.05. The molecule has 86 valence electrons. The number of hydrogen-bond acceptors (Lipinski definition) is 3. The third-order valence-corrected chi connectivity index (χ3v) is 1.87. The zero-order chi connectivity index (χ0) is 12.0. The minimum Gasteiger partial charge on any atom is -0.480 e. The number of carbonyl (C=O) groups excluding carboxylic acids is 1. The summed E-state index contributed by atoms with van der Waals surface area (Å²) in [5.41, 5.74) is 0.722. The molecule has 0 aromatic carbocycles. The highest BCUT2D eigenvalue weighted by Gasteiger charge is 2.10. The molecule has 0 saturated carbocycles. The van der Waals surface area contributed by atoms with E-state index in [1.165, 1.54) is 7.05 Å². The Balaban J connectivity index is 2.38. The molecule has 0 radical (unpaired) electrons. The predicted octanol–water partition coefficient (Wildman–Crippen LogP) is 0.308. The van der Waals surface area contributed by atoms with Crippen molar-refractivity contribution in [1.29, 1.82) is 0 Å². The van der Waals surface area contributed by atoms with Crippen molar-refractivity contribution in [2.75, 3.05) is 13.6 Å². The predicted molar refractivity (Wildman–Crippen MR) is 56.7 cm³/mol. The maximum absolute atomic E-state index is 11.4. The monoisotopic (exact) mass is 223 g/mol. The molecule has 16 heavy (non-hydrogen) atoms. The Bertz CT molecular complexity index is 367.